The monoisotopic (exact) mass is 180 g/mol. The van der Waals surface area contributed by atoms with Crippen LogP contribution in [0.5, 0.6) is 0 Å². The highest BCUT2D eigenvalue weighted by Gasteiger charge is 2.15. The first-order valence-electron chi connectivity index (χ1n) is 4.47. The SMILES string of the molecule is COC[C@@H](C)[C@@H](O)c1ccccc1. The van der Waals surface area contributed by atoms with E-state index in [4.69, 9.17) is 4.74 Å². The summed E-state index contributed by atoms with van der Waals surface area (Å²) in [5.74, 6) is 0.132. The summed E-state index contributed by atoms with van der Waals surface area (Å²) in [7, 11) is 1.65. The Morgan fingerprint density at radius 3 is 2.46 bits per heavy atom. The molecule has 0 unspecified atom stereocenters. The molecular weight excluding hydrogens is 164 g/mol. The minimum Gasteiger partial charge on any atom is -0.388 e. The summed E-state index contributed by atoms with van der Waals surface area (Å²) in [4.78, 5) is 0. The van der Waals surface area contributed by atoms with Crippen molar-refractivity contribution in [2.45, 2.75) is 13.0 Å². The van der Waals surface area contributed by atoms with Crippen molar-refractivity contribution in [3.8, 4) is 0 Å². The van der Waals surface area contributed by atoms with Crippen LogP contribution in [0.25, 0.3) is 0 Å². The van der Waals surface area contributed by atoms with E-state index in [-0.39, 0.29) is 5.92 Å². The number of benzene rings is 1. The van der Waals surface area contributed by atoms with Gasteiger partial charge in [0.15, 0.2) is 0 Å². The van der Waals surface area contributed by atoms with Crippen molar-refractivity contribution in [3.05, 3.63) is 35.9 Å². The van der Waals surface area contributed by atoms with Gasteiger partial charge >= 0.3 is 0 Å². The van der Waals surface area contributed by atoms with Gasteiger partial charge in [-0.15, -0.1) is 0 Å². The Kier molecular flexibility index (Phi) is 3.93. The maximum atomic E-state index is 9.84. The van der Waals surface area contributed by atoms with Crippen molar-refractivity contribution in [1.82, 2.24) is 0 Å². The molecule has 1 aromatic carbocycles. The second-order valence-corrected chi connectivity index (χ2v) is 3.29. The van der Waals surface area contributed by atoms with Gasteiger partial charge in [0.05, 0.1) is 12.7 Å². The minimum absolute atomic E-state index is 0.132. The normalized spacial score (nSPS) is 15.3. The van der Waals surface area contributed by atoms with E-state index in [2.05, 4.69) is 0 Å². The predicted octanol–water partition coefficient (Wildman–Crippen LogP) is 2.00. The summed E-state index contributed by atoms with van der Waals surface area (Å²) in [6.07, 6.45) is -0.429. The van der Waals surface area contributed by atoms with E-state index >= 15 is 0 Å². The Bertz CT molecular complexity index is 233. The summed E-state index contributed by atoms with van der Waals surface area (Å²) >= 11 is 0. The van der Waals surface area contributed by atoms with E-state index < -0.39 is 6.10 Å². The number of methoxy groups -OCH3 is 1. The molecule has 0 fully saturated rings. The van der Waals surface area contributed by atoms with E-state index in [1.165, 1.54) is 0 Å². The number of aliphatic hydroxyl groups excluding tert-OH is 1. The third-order valence-electron chi connectivity index (χ3n) is 2.11. The van der Waals surface area contributed by atoms with Crippen molar-refractivity contribution in [3.63, 3.8) is 0 Å². The van der Waals surface area contributed by atoms with Gasteiger partial charge in [-0.25, -0.2) is 0 Å². The molecule has 1 rings (SSSR count). The van der Waals surface area contributed by atoms with E-state index in [0.717, 1.165) is 5.56 Å². The summed E-state index contributed by atoms with van der Waals surface area (Å²) < 4.78 is 4.99. The first kappa shape index (κ1) is 10.2. The number of hydrogen-bond donors (Lipinski definition) is 1. The van der Waals surface area contributed by atoms with Crippen LogP contribution in [0.3, 0.4) is 0 Å². The topological polar surface area (TPSA) is 29.5 Å². The lowest BCUT2D eigenvalue weighted by atomic mass is 9.98. The van der Waals surface area contributed by atoms with Crippen LogP contribution in [0, 0.1) is 5.92 Å². The highest BCUT2D eigenvalue weighted by atomic mass is 16.5. The molecule has 0 heterocycles. The molecule has 13 heavy (non-hydrogen) atoms. The van der Waals surface area contributed by atoms with E-state index in [9.17, 15) is 5.11 Å². The number of rotatable bonds is 4. The van der Waals surface area contributed by atoms with E-state index in [1.807, 2.05) is 37.3 Å². The molecule has 2 heteroatoms. The molecule has 1 aromatic rings. The number of aliphatic hydroxyl groups is 1. The van der Waals surface area contributed by atoms with E-state index in [1.54, 1.807) is 7.11 Å². The molecular formula is C11H16O2. The van der Waals surface area contributed by atoms with Gasteiger partial charge in [0.1, 0.15) is 0 Å². The zero-order valence-corrected chi connectivity index (χ0v) is 8.10. The first-order valence-corrected chi connectivity index (χ1v) is 4.47. The van der Waals surface area contributed by atoms with Crippen LogP contribution in [0.4, 0.5) is 0 Å². The fraction of sp³-hybridized carbons (Fsp3) is 0.455. The van der Waals surface area contributed by atoms with Crippen LogP contribution < -0.4 is 0 Å². The van der Waals surface area contributed by atoms with Gasteiger partial charge in [-0.1, -0.05) is 37.3 Å². The molecule has 0 aromatic heterocycles. The lowest BCUT2D eigenvalue weighted by Gasteiger charge is -2.17. The summed E-state index contributed by atoms with van der Waals surface area (Å²) in [5.41, 5.74) is 0.951. The molecule has 0 saturated heterocycles. The second-order valence-electron chi connectivity index (χ2n) is 3.29. The van der Waals surface area contributed by atoms with Gasteiger partial charge in [-0.05, 0) is 5.56 Å². The molecule has 0 aliphatic rings. The molecule has 0 radical (unpaired) electrons. The molecule has 2 nitrogen and oxygen atoms in total. The third-order valence-corrected chi connectivity index (χ3v) is 2.11. The van der Waals surface area contributed by atoms with Gasteiger partial charge in [0, 0.05) is 13.0 Å². The van der Waals surface area contributed by atoms with Crippen LogP contribution in [0.1, 0.15) is 18.6 Å². The minimum atomic E-state index is -0.429. The van der Waals surface area contributed by atoms with Crippen molar-refractivity contribution >= 4 is 0 Å². The summed E-state index contributed by atoms with van der Waals surface area (Å²) in [5, 5.41) is 9.84. The van der Waals surface area contributed by atoms with Crippen LogP contribution in [-0.4, -0.2) is 18.8 Å². The maximum Gasteiger partial charge on any atom is 0.0837 e. The Hall–Kier alpha value is -0.860. The smallest absolute Gasteiger partial charge is 0.0837 e. The van der Waals surface area contributed by atoms with Gasteiger partial charge in [-0.3, -0.25) is 0 Å². The molecule has 0 amide bonds. The third kappa shape index (κ3) is 2.83. The van der Waals surface area contributed by atoms with Gasteiger partial charge in [0.25, 0.3) is 0 Å². The first-order chi connectivity index (χ1) is 6.25. The highest BCUT2D eigenvalue weighted by molar-refractivity contribution is 5.17. The van der Waals surface area contributed by atoms with Crippen LogP contribution in [0.15, 0.2) is 30.3 Å². The van der Waals surface area contributed by atoms with Crippen molar-refractivity contribution in [2.24, 2.45) is 5.92 Å². The van der Waals surface area contributed by atoms with Crippen molar-refractivity contribution < 1.29 is 9.84 Å². The molecule has 0 aliphatic carbocycles. The van der Waals surface area contributed by atoms with Gasteiger partial charge < -0.3 is 9.84 Å². The Morgan fingerprint density at radius 1 is 1.31 bits per heavy atom. The zero-order valence-electron chi connectivity index (χ0n) is 8.10. The second kappa shape index (κ2) is 5.00. The zero-order chi connectivity index (χ0) is 9.68. The highest BCUT2D eigenvalue weighted by Crippen LogP contribution is 2.21. The molecule has 1 N–H and O–H groups in total. The average molecular weight is 180 g/mol. The molecule has 72 valence electrons. The standard InChI is InChI=1S/C11H16O2/c1-9(8-13-2)11(12)10-6-4-3-5-7-10/h3-7,9,11-12H,8H2,1-2H3/t9-,11-/m1/s1. The largest absolute Gasteiger partial charge is 0.388 e. The number of hydrogen-bond acceptors (Lipinski definition) is 2. The fourth-order valence-electron chi connectivity index (χ4n) is 1.33. The lowest BCUT2D eigenvalue weighted by Crippen LogP contribution is -2.14. The molecule has 0 saturated carbocycles. The average Bonchev–Trinajstić information content (AvgIpc) is 2.18. The van der Waals surface area contributed by atoms with Crippen molar-refractivity contribution in [2.75, 3.05) is 13.7 Å². The van der Waals surface area contributed by atoms with E-state index in [0.29, 0.717) is 6.61 Å². The molecule has 0 spiro atoms. The molecule has 0 aliphatic heterocycles. The van der Waals surface area contributed by atoms with Crippen molar-refractivity contribution in [1.29, 1.82) is 0 Å². The lowest BCUT2D eigenvalue weighted by molar-refractivity contribution is 0.0567. The maximum absolute atomic E-state index is 9.84. The molecule has 0 bridgehead atoms. The van der Waals surface area contributed by atoms with Crippen LogP contribution in [-0.2, 0) is 4.74 Å². The quantitative estimate of drug-likeness (QED) is 0.768. The number of ether oxygens (including phenoxy) is 1. The van der Waals surface area contributed by atoms with Gasteiger partial charge in [0.2, 0.25) is 0 Å². The Labute approximate surface area is 79.2 Å². The Morgan fingerprint density at radius 2 is 1.92 bits per heavy atom. The summed E-state index contributed by atoms with van der Waals surface area (Å²) in [6.45, 7) is 2.55. The fourth-order valence-corrected chi connectivity index (χ4v) is 1.33. The predicted molar refractivity (Wildman–Crippen MR) is 52.4 cm³/mol. The Balaban J connectivity index is 2.62. The van der Waals surface area contributed by atoms with Crippen LogP contribution in [0.2, 0.25) is 0 Å². The van der Waals surface area contributed by atoms with Crippen LogP contribution >= 0.6 is 0 Å². The molecule has 2 atom stereocenters. The van der Waals surface area contributed by atoms with Gasteiger partial charge in [-0.2, -0.15) is 0 Å². The summed E-state index contributed by atoms with van der Waals surface area (Å²) in [6, 6.07) is 9.65.